The minimum Gasteiger partial charge on any atom is -0.362 e. The fraction of sp³-hybridized carbons (Fsp3) is 0.467. The van der Waals surface area contributed by atoms with Crippen LogP contribution in [0.15, 0.2) is 44.8 Å². The van der Waals surface area contributed by atoms with Gasteiger partial charge in [-0.2, -0.15) is 10.2 Å². The van der Waals surface area contributed by atoms with Crippen molar-refractivity contribution in [2.45, 2.75) is 40.0 Å². The lowest BCUT2D eigenvalue weighted by Crippen LogP contribution is -1.81. The predicted octanol–water partition coefficient (Wildman–Crippen LogP) is 3.54. The van der Waals surface area contributed by atoms with Gasteiger partial charge in [0.15, 0.2) is 0 Å². The van der Waals surface area contributed by atoms with Crippen molar-refractivity contribution in [2.24, 2.45) is 20.4 Å². The lowest BCUT2D eigenvalue weighted by molar-refractivity contribution is 0.246. The monoisotopic (exact) mass is 274 g/mol. The van der Waals surface area contributed by atoms with Gasteiger partial charge in [0, 0.05) is 36.9 Å². The van der Waals surface area contributed by atoms with Crippen LogP contribution in [-0.4, -0.2) is 29.9 Å². The first kappa shape index (κ1) is 16.0. The molecule has 0 atom stereocenters. The Morgan fingerprint density at radius 3 is 1.95 bits per heavy atom. The van der Waals surface area contributed by atoms with Gasteiger partial charge < -0.3 is 4.84 Å². The van der Waals surface area contributed by atoms with Gasteiger partial charge in [0.25, 0.3) is 0 Å². The average Bonchev–Trinajstić information content (AvgIpc) is 3.07. The Morgan fingerprint density at radius 2 is 1.80 bits per heavy atom. The molecule has 3 rings (SSSR count). The Hall–Kier alpha value is -2.04. The van der Waals surface area contributed by atoms with E-state index in [2.05, 4.69) is 38.3 Å². The fourth-order valence-corrected chi connectivity index (χ4v) is 1.57. The van der Waals surface area contributed by atoms with Crippen molar-refractivity contribution in [2.75, 3.05) is 6.54 Å². The number of hydrogen-bond donors (Lipinski definition) is 0. The van der Waals surface area contributed by atoms with Crippen LogP contribution in [0.3, 0.4) is 0 Å². The molecular weight excluding hydrogens is 252 g/mol. The molecule has 0 N–H and O–H groups in total. The van der Waals surface area contributed by atoms with E-state index in [-0.39, 0.29) is 0 Å². The smallest absolute Gasteiger partial charge is 0.133 e. The van der Waals surface area contributed by atoms with Gasteiger partial charge in [-0.05, 0) is 20.8 Å². The maximum absolute atomic E-state index is 4.66. The summed E-state index contributed by atoms with van der Waals surface area (Å²) < 4.78 is 0. The largest absolute Gasteiger partial charge is 0.362 e. The summed E-state index contributed by atoms with van der Waals surface area (Å²) in [6.07, 6.45) is 4.58. The summed E-state index contributed by atoms with van der Waals surface area (Å²) in [6.45, 7) is 14.1. The van der Waals surface area contributed by atoms with Gasteiger partial charge in [0.1, 0.15) is 5.76 Å². The molecule has 3 aliphatic rings. The van der Waals surface area contributed by atoms with Crippen LogP contribution in [0.25, 0.3) is 0 Å². The van der Waals surface area contributed by atoms with Crippen LogP contribution < -0.4 is 0 Å². The van der Waals surface area contributed by atoms with Gasteiger partial charge in [-0.15, -0.1) is 0 Å². The standard InChI is InChI=1S/C6H9N.C5H7NO.C4H6N2/c1-5-3-6(2)7-4-5;1-4-3-5(2)7-6-4;1-4-2-3-5-6-4/h1,3-4H2,2H3;2-3H2,1H3;3H,2H2,1H3. The Bertz CT molecular complexity index is 466. The van der Waals surface area contributed by atoms with Crippen molar-refractivity contribution in [3.8, 4) is 0 Å². The van der Waals surface area contributed by atoms with Crippen molar-refractivity contribution in [3.63, 3.8) is 0 Å². The zero-order valence-corrected chi connectivity index (χ0v) is 12.5. The van der Waals surface area contributed by atoms with Gasteiger partial charge in [-0.3, -0.25) is 4.99 Å². The van der Waals surface area contributed by atoms with Gasteiger partial charge in [-0.25, -0.2) is 0 Å². The van der Waals surface area contributed by atoms with Crippen molar-refractivity contribution in [1.82, 2.24) is 0 Å². The van der Waals surface area contributed by atoms with E-state index in [0.717, 1.165) is 43.0 Å². The molecule has 5 heteroatoms. The minimum atomic E-state index is 0.748. The topological polar surface area (TPSA) is 58.7 Å². The van der Waals surface area contributed by atoms with Gasteiger partial charge >= 0.3 is 0 Å². The number of hydrogen-bond acceptors (Lipinski definition) is 5. The summed E-state index contributed by atoms with van der Waals surface area (Å²) in [6, 6.07) is 0. The molecule has 0 amide bonds. The van der Waals surface area contributed by atoms with E-state index in [1.165, 1.54) is 11.3 Å². The Balaban J connectivity index is 0.000000151. The molecule has 0 saturated carbocycles. The van der Waals surface area contributed by atoms with Crippen LogP contribution in [-0.2, 0) is 4.84 Å². The maximum Gasteiger partial charge on any atom is 0.133 e. The third-order valence-corrected chi connectivity index (χ3v) is 2.56. The first-order valence-electron chi connectivity index (χ1n) is 6.57. The highest BCUT2D eigenvalue weighted by atomic mass is 16.6. The normalized spacial score (nSPS) is 19.2. The van der Waals surface area contributed by atoms with E-state index < -0.39 is 0 Å². The molecule has 0 saturated heterocycles. The van der Waals surface area contributed by atoms with Gasteiger partial charge in [0.05, 0.1) is 12.3 Å². The quantitative estimate of drug-likeness (QED) is 0.623. The first-order valence-corrected chi connectivity index (χ1v) is 6.57. The highest BCUT2D eigenvalue weighted by Crippen LogP contribution is 2.10. The number of rotatable bonds is 0. The predicted molar refractivity (Wildman–Crippen MR) is 85.9 cm³/mol. The highest BCUT2D eigenvalue weighted by molar-refractivity contribution is 5.96. The lowest BCUT2D eigenvalue weighted by Gasteiger charge is -1.82. The van der Waals surface area contributed by atoms with Crippen LogP contribution >= 0.6 is 0 Å². The molecule has 0 aromatic heterocycles. The maximum atomic E-state index is 4.66. The zero-order chi connectivity index (χ0) is 15.0. The molecule has 3 heterocycles. The minimum absolute atomic E-state index is 0.748. The number of nitrogens with zero attached hydrogens (tertiary/aromatic N) is 4. The summed E-state index contributed by atoms with van der Waals surface area (Å²) in [5.74, 6) is 0.748. The summed E-state index contributed by atoms with van der Waals surface area (Å²) in [5, 5.41) is 11.0. The molecular formula is C15H22N4O. The molecule has 0 bridgehead atoms. The van der Waals surface area contributed by atoms with E-state index in [9.17, 15) is 0 Å². The zero-order valence-electron chi connectivity index (χ0n) is 12.5. The van der Waals surface area contributed by atoms with Crippen LogP contribution in [0, 0.1) is 0 Å². The fourth-order valence-electron chi connectivity index (χ4n) is 1.57. The second-order valence-electron chi connectivity index (χ2n) is 4.95. The second kappa shape index (κ2) is 8.19. The molecule has 0 unspecified atom stereocenters. The van der Waals surface area contributed by atoms with Gasteiger partial charge in [0.2, 0.25) is 0 Å². The van der Waals surface area contributed by atoms with Crippen molar-refractivity contribution < 1.29 is 4.84 Å². The lowest BCUT2D eigenvalue weighted by atomic mass is 10.2. The van der Waals surface area contributed by atoms with E-state index >= 15 is 0 Å². The third kappa shape index (κ3) is 6.78. The Kier molecular flexibility index (Phi) is 6.56. The van der Waals surface area contributed by atoms with Crippen molar-refractivity contribution in [1.29, 1.82) is 0 Å². The van der Waals surface area contributed by atoms with E-state index in [4.69, 9.17) is 0 Å². The number of aliphatic imine (C=N–C) groups is 1. The Morgan fingerprint density at radius 1 is 1.05 bits per heavy atom. The van der Waals surface area contributed by atoms with Gasteiger partial charge in [-0.1, -0.05) is 23.9 Å². The van der Waals surface area contributed by atoms with E-state index in [0.29, 0.717) is 0 Å². The molecule has 108 valence electrons. The average molecular weight is 274 g/mol. The van der Waals surface area contributed by atoms with Crippen LogP contribution in [0.5, 0.6) is 0 Å². The second-order valence-corrected chi connectivity index (χ2v) is 4.95. The molecule has 0 aromatic rings. The first-order chi connectivity index (χ1) is 9.47. The summed E-state index contributed by atoms with van der Waals surface area (Å²) >= 11 is 0. The van der Waals surface area contributed by atoms with Crippen molar-refractivity contribution in [3.05, 3.63) is 24.5 Å². The van der Waals surface area contributed by atoms with E-state index in [1.807, 2.05) is 20.8 Å². The third-order valence-electron chi connectivity index (χ3n) is 2.56. The number of allylic oxidation sites excluding steroid dienone is 1. The van der Waals surface area contributed by atoms with Crippen LogP contribution in [0.2, 0.25) is 0 Å². The summed E-state index contributed by atoms with van der Waals surface area (Å²) in [5.41, 5.74) is 4.59. The Labute approximate surface area is 120 Å². The van der Waals surface area contributed by atoms with E-state index in [1.54, 1.807) is 6.21 Å². The molecule has 5 nitrogen and oxygen atoms in total. The van der Waals surface area contributed by atoms with Crippen LogP contribution in [0.4, 0.5) is 0 Å². The summed E-state index contributed by atoms with van der Waals surface area (Å²) in [4.78, 5) is 8.79. The SMILES string of the molecule is C=C1CC(C)=NO1.C=C1CN=C(C)C1.CC1=NN=CC1. The highest BCUT2D eigenvalue weighted by Gasteiger charge is 2.05. The molecule has 20 heavy (non-hydrogen) atoms. The van der Waals surface area contributed by atoms with Crippen LogP contribution in [0.1, 0.15) is 40.0 Å². The molecule has 3 aliphatic heterocycles. The molecule has 0 fully saturated rings. The molecule has 0 spiro atoms. The molecule has 0 aliphatic carbocycles. The molecule has 0 radical (unpaired) electrons. The molecule has 0 aromatic carbocycles. The number of oxime groups is 1. The van der Waals surface area contributed by atoms with Crippen molar-refractivity contribution >= 4 is 23.3 Å². The summed E-state index contributed by atoms with van der Waals surface area (Å²) in [7, 11) is 0.